The lowest BCUT2D eigenvalue weighted by Crippen LogP contribution is -2.32. The Labute approximate surface area is 219 Å². The third kappa shape index (κ3) is 6.83. The molecular weight excluding hydrogens is 519 g/mol. The van der Waals surface area contributed by atoms with Crippen molar-refractivity contribution in [3.63, 3.8) is 0 Å². The number of fused-ring (bicyclic) bond motifs is 1. The lowest BCUT2D eigenvalue weighted by Gasteiger charge is -2.24. The van der Waals surface area contributed by atoms with E-state index in [4.69, 9.17) is 0 Å². The molecule has 0 radical (unpaired) electrons. The van der Waals surface area contributed by atoms with Crippen molar-refractivity contribution in [2.45, 2.75) is 57.8 Å². The van der Waals surface area contributed by atoms with Crippen LogP contribution in [0.15, 0.2) is 36.7 Å². The molecule has 0 spiro atoms. The molecule has 1 fully saturated rings. The number of hydrogen-bond donors (Lipinski definition) is 2. The predicted molar refractivity (Wildman–Crippen MR) is 140 cm³/mol. The molecule has 4 rings (SSSR count). The lowest BCUT2D eigenvalue weighted by molar-refractivity contribution is -0.140. The number of aromatic nitrogens is 3. The highest BCUT2D eigenvalue weighted by molar-refractivity contribution is 7.91. The number of sulfone groups is 1. The van der Waals surface area contributed by atoms with Crippen LogP contribution in [0.5, 0.6) is 0 Å². The first-order valence-electron chi connectivity index (χ1n) is 12.0. The second-order valence-corrected chi connectivity index (χ2v) is 12.6. The molecule has 38 heavy (non-hydrogen) atoms. The monoisotopic (exact) mass is 547 g/mol. The smallest absolute Gasteiger partial charge is 0.382 e. The van der Waals surface area contributed by atoms with E-state index in [0.29, 0.717) is 40.9 Å². The van der Waals surface area contributed by atoms with E-state index < -0.39 is 28.5 Å². The third-order valence-corrected chi connectivity index (χ3v) is 7.80. The fourth-order valence-electron chi connectivity index (χ4n) is 4.18. The molecule has 0 bridgehead atoms. The van der Waals surface area contributed by atoms with Gasteiger partial charge in [-0.15, -0.1) is 0 Å². The molecule has 12 heteroatoms. The second kappa shape index (κ2) is 10.3. The minimum Gasteiger partial charge on any atom is -0.382 e. The molecule has 0 saturated carbocycles. The average Bonchev–Trinajstić information content (AvgIpc) is 3.15. The quantitative estimate of drug-likeness (QED) is 0.473. The van der Waals surface area contributed by atoms with Gasteiger partial charge >= 0.3 is 12.1 Å². The van der Waals surface area contributed by atoms with Gasteiger partial charge in [-0.05, 0) is 37.0 Å². The first kappa shape index (κ1) is 27.4. The average molecular weight is 548 g/mol. The van der Waals surface area contributed by atoms with E-state index in [-0.39, 0.29) is 28.7 Å². The molecular formula is C26H28F3N5O3S. The zero-order chi connectivity index (χ0) is 27.7. The molecule has 1 aliphatic rings. The van der Waals surface area contributed by atoms with Crippen LogP contribution in [0.3, 0.4) is 0 Å². The summed E-state index contributed by atoms with van der Waals surface area (Å²) < 4.78 is 64.8. The molecule has 1 amide bonds. The minimum absolute atomic E-state index is 0.0206. The zero-order valence-corrected chi connectivity index (χ0v) is 22.0. The van der Waals surface area contributed by atoms with E-state index in [0.717, 1.165) is 4.57 Å². The molecule has 0 unspecified atom stereocenters. The normalized spacial score (nSPS) is 16.1. The Morgan fingerprint density at radius 2 is 1.79 bits per heavy atom. The number of carbonyl (C=O) groups excluding carboxylic acids is 1. The van der Waals surface area contributed by atoms with Gasteiger partial charge in [0.2, 0.25) is 0 Å². The first-order valence-corrected chi connectivity index (χ1v) is 13.8. The van der Waals surface area contributed by atoms with E-state index in [9.17, 15) is 26.4 Å². The Hall–Kier alpha value is -3.59. The fraction of sp³-hybridized carbons (Fsp3) is 0.423. The summed E-state index contributed by atoms with van der Waals surface area (Å²) in [5, 5.41) is 6.31. The Bertz CT molecular complexity index is 1500. The standard InChI is InChI=1S/C26H28F3N5O3S/c1-25(2,3)24-30-14-18(15-31-24)33-23(35)8-7-19-13-20-21(32-17-9-11-38(36,37)12-10-17)5-4-6-22(20)34(19)16-26(27,28)29/h4-6,13-15,17,32H,9-12,16H2,1-3H3,(H,33,35). The molecule has 3 heterocycles. The maximum absolute atomic E-state index is 13.4. The van der Waals surface area contributed by atoms with Crippen molar-refractivity contribution in [1.82, 2.24) is 14.5 Å². The first-order chi connectivity index (χ1) is 17.7. The van der Waals surface area contributed by atoms with Gasteiger partial charge in [0.05, 0.1) is 40.8 Å². The van der Waals surface area contributed by atoms with Crippen LogP contribution in [0, 0.1) is 11.8 Å². The zero-order valence-electron chi connectivity index (χ0n) is 21.2. The molecule has 0 atom stereocenters. The summed E-state index contributed by atoms with van der Waals surface area (Å²) in [6, 6.07) is 6.29. The van der Waals surface area contributed by atoms with Crippen molar-refractivity contribution in [1.29, 1.82) is 0 Å². The highest BCUT2D eigenvalue weighted by atomic mass is 32.2. The number of halogens is 3. The van der Waals surface area contributed by atoms with Crippen molar-refractivity contribution in [3.05, 3.63) is 48.2 Å². The summed E-state index contributed by atoms with van der Waals surface area (Å²) in [6.45, 7) is 4.57. The highest BCUT2D eigenvalue weighted by Crippen LogP contribution is 2.31. The molecule has 2 N–H and O–H groups in total. The maximum Gasteiger partial charge on any atom is 0.406 e. The van der Waals surface area contributed by atoms with Crippen molar-refractivity contribution in [3.8, 4) is 11.8 Å². The van der Waals surface area contributed by atoms with Crippen LogP contribution >= 0.6 is 0 Å². The largest absolute Gasteiger partial charge is 0.406 e. The predicted octanol–water partition coefficient (Wildman–Crippen LogP) is 4.27. The molecule has 8 nitrogen and oxygen atoms in total. The fourth-order valence-corrected chi connectivity index (χ4v) is 5.67. The third-order valence-electron chi connectivity index (χ3n) is 6.08. The molecule has 202 valence electrons. The van der Waals surface area contributed by atoms with Gasteiger partial charge in [-0.1, -0.05) is 26.8 Å². The molecule has 1 aromatic carbocycles. The Kier molecular flexibility index (Phi) is 7.43. The molecule has 1 aliphatic heterocycles. The Balaban J connectivity index is 1.60. The van der Waals surface area contributed by atoms with Gasteiger partial charge in [0.1, 0.15) is 22.2 Å². The Morgan fingerprint density at radius 1 is 1.13 bits per heavy atom. The number of hydrogen-bond acceptors (Lipinski definition) is 6. The lowest BCUT2D eigenvalue weighted by atomic mass is 9.96. The number of nitrogens with one attached hydrogen (secondary N) is 2. The molecule has 3 aromatic rings. The van der Waals surface area contributed by atoms with Gasteiger partial charge in [-0.3, -0.25) is 4.79 Å². The van der Waals surface area contributed by atoms with E-state index in [1.54, 1.807) is 18.2 Å². The number of benzene rings is 1. The van der Waals surface area contributed by atoms with E-state index in [2.05, 4.69) is 32.4 Å². The number of anilines is 2. The topological polar surface area (TPSA) is 106 Å². The van der Waals surface area contributed by atoms with Gasteiger partial charge in [-0.2, -0.15) is 13.2 Å². The molecule has 0 aliphatic carbocycles. The summed E-state index contributed by atoms with van der Waals surface area (Å²) in [5.74, 6) is 4.93. The van der Waals surface area contributed by atoms with Crippen LogP contribution in [0.4, 0.5) is 24.5 Å². The summed E-state index contributed by atoms with van der Waals surface area (Å²) in [6.07, 6.45) is -0.799. The van der Waals surface area contributed by atoms with Gasteiger partial charge in [0.25, 0.3) is 0 Å². The number of rotatable bonds is 4. The molecule has 2 aromatic heterocycles. The van der Waals surface area contributed by atoms with E-state index in [1.165, 1.54) is 18.5 Å². The van der Waals surface area contributed by atoms with Crippen LogP contribution in [-0.4, -0.2) is 52.6 Å². The van der Waals surface area contributed by atoms with Crippen LogP contribution in [0.1, 0.15) is 45.1 Å². The number of nitrogens with zero attached hydrogens (tertiary/aromatic N) is 3. The van der Waals surface area contributed by atoms with Gasteiger partial charge in [-0.25, -0.2) is 18.4 Å². The van der Waals surface area contributed by atoms with Crippen LogP contribution in [0.2, 0.25) is 0 Å². The van der Waals surface area contributed by atoms with Crippen LogP contribution in [-0.2, 0) is 26.6 Å². The summed E-state index contributed by atoms with van der Waals surface area (Å²) in [4.78, 5) is 20.9. The molecule has 1 saturated heterocycles. The second-order valence-electron chi connectivity index (χ2n) is 10.3. The van der Waals surface area contributed by atoms with Crippen molar-refractivity contribution in [2.24, 2.45) is 0 Å². The van der Waals surface area contributed by atoms with Gasteiger partial charge < -0.3 is 15.2 Å². The van der Waals surface area contributed by atoms with Crippen LogP contribution < -0.4 is 10.6 Å². The SMILES string of the molecule is CC(C)(C)c1ncc(NC(=O)C#Cc2cc3c(NC4CCS(=O)(=O)CC4)cccc3n2CC(F)(F)F)cn1. The summed E-state index contributed by atoms with van der Waals surface area (Å²) >= 11 is 0. The highest BCUT2D eigenvalue weighted by Gasteiger charge is 2.30. The van der Waals surface area contributed by atoms with Crippen LogP contribution in [0.25, 0.3) is 10.9 Å². The van der Waals surface area contributed by atoms with Crippen molar-refractivity contribution >= 4 is 38.0 Å². The summed E-state index contributed by atoms with van der Waals surface area (Å²) in [5.41, 5.74) is 0.945. The number of carbonyl (C=O) groups is 1. The summed E-state index contributed by atoms with van der Waals surface area (Å²) in [7, 11) is -3.05. The van der Waals surface area contributed by atoms with Gasteiger partial charge in [0.15, 0.2) is 0 Å². The van der Waals surface area contributed by atoms with E-state index in [1.807, 2.05) is 20.8 Å². The van der Waals surface area contributed by atoms with Crippen molar-refractivity contribution in [2.75, 3.05) is 22.1 Å². The van der Waals surface area contributed by atoms with Crippen molar-refractivity contribution < 1.29 is 26.4 Å². The number of alkyl halides is 3. The minimum atomic E-state index is -4.52. The maximum atomic E-state index is 13.4. The number of amides is 1. The Morgan fingerprint density at radius 3 is 2.39 bits per heavy atom. The van der Waals surface area contributed by atoms with Gasteiger partial charge in [0, 0.05) is 28.5 Å². The van der Waals surface area contributed by atoms with E-state index >= 15 is 0 Å².